The maximum Gasteiger partial charge on any atom is 0.0876 e. The molecule has 0 radical (unpaired) electrons. The van der Waals surface area contributed by atoms with Crippen molar-refractivity contribution < 1.29 is 4.74 Å². The number of hydrogen-bond acceptors (Lipinski definition) is 4. The van der Waals surface area contributed by atoms with E-state index in [-0.39, 0.29) is 6.04 Å². The summed E-state index contributed by atoms with van der Waals surface area (Å²) in [5, 5.41) is 4.34. The summed E-state index contributed by atoms with van der Waals surface area (Å²) >= 11 is 0. The molecule has 0 saturated carbocycles. The summed E-state index contributed by atoms with van der Waals surface area (Å²) in [6.45, 7) is 0.787. The van der Waals surface area contributed by atoms with Crippen LogP contribution >= 0.6 is 0 Å². The third kappa shape index (κ3) is 1.87. The summed E-state index contributed by atoms with van der Waals surface area (Å²) in [7, 11) is 0. The molecular formula is C13H16N4O. The summed E-state index contributed by atoms with van der Waals surface area (Å²) in [6, 6.07) is 5.96. The summed E-state index contributed by atoms with van der Waals surface area (Å²) in [6.07, 6.45) is 7.64. The van der Waals surface area contributed by atoms with Crippen LogP contribution in [-0.2, 0) is 4.74 Å². The minimum atomic E-state index is -0.0369. The minimum Gasteiger partial charge on any atom is -0.501 e. The van der Waals surface area contributed by atoms with Gasteiger partial charge in [-0.3, -0.25) is 5.84 Å². The number of nitrogens with zero attached hydrogens (tertiary/aromatic N) is 2. The topological polar surface area (TPSA) is 64.6 Å². The highest BCUT2D eigenvalue weighted by molar-refractivity contribution is 5.56. The number of fused-ring (bicyclic) bond motifs is 1. The molecule has 1 aliphatic rings. The van der Waals surface area contributed by atoms with Gasteiger partial charge in [-0.2, -0.15) is 5.10 Å². The molecule has 5 heteroatoms. The molecule has 0 fully saturated rings. The van der Waals surface area contributed by atoms with Crippen LogP contribution in [0.4, 0.5) is 0 Å². The zero-order chi connectivity index (χ0) is 12.4. The number of rotatable bonds is 3. The van der Waals surface area contributed by atoms with Gasteiger partial charge in [-0.25, -0.2) is 9.94 Å². The summed E-state index contributed by atoms with van der Waals surface area (Å²) < 4.78 is 7.24. The summed E-state index contributed by atoms with van der Waals surface area (Å²) in [5.74, 6) is 5.70. The largest absolute Gasteiger partial charge is 0.501 e. The SMILES string of the molecule is NNC(C1=COCCC1)c1cnn2ccccc12. The second-order valence-corrected chi connectivity index (χ2v) is 4.40. The van der Waals surface area contributed by atoms with Gasteiger partial charge < -0.3 is 4.74 Å². The first-order valence-electron chi connectivity index (χ1n) is 6.09. The molecule has 3 N–H and O–H groups in total. The molecule has 0 saturated heterocycles. The van der Waals surface area contributed by atoms with E-state index >= 15 is 0 Å². The van der Waals surface area contributed by atoms with Crippen LogP contribution in [0.5, 0.6) is 0 Å². The molecule has 0 aliphatic carbocycles. The molecule has 1 atom stereocenters. The zero-order valence-electron chi connectivity index (χ0n) is 10.0. The van der Waals surface area contributed by atoms with Gasteiger partial charge in [-0.1, -0.05) is 6.07 Å². The lowest BCUT2D eigenvalue weighted by atomic mass is 9.97. The lowest BCUT2D eigenvalue weighted by Gasteiger charge is -2.22. The number of pyridine rings is 1. The van der Waals surface area contributed by atoms with Crippen LogP contribution in [0.2, 0.25) is 0 Å². The highest BCUT2D eigenvalue weighted by Gasteiger charge is 2.21. The average molecular weight is 244 g/mol. The Morgan fingerprint density at radius 1 is 1.44 bits per heavy atom. The Morgan fingerprint density at radius 3 is 3.17 bits per heavy atom. The number of hydrogen-bond donors (Lipinski definition) is 2. The highest BCUT2D eigenvalue weighted by atomic mass is 16.5. The van der Waals surface area contributed by atoms with Crippen LogP contribution in [0.1, 0.15) is 24.4 Å². The van der Waals surface area contributed by atoms with Crippen LogP contribution in [0.15, 0.2) is 42.4 Å². The molecule has 0 amide bonds. The molecule has 5 nitrogen and oxygen atoms in total. The minimum absolute atomic E-state index is 0.0369. The fourth-order valence-electron chi connectivity index (χ4n) is 2.37. The Hall–Kier alpha value is -1.85. The van der Waals surface area contributed by atoms with E-state index in [1.54, 1.807) is 0 Å². The third-order valence-corrected chi connectivity index (χ3v) is 3.27. The molecule has 1 aliphatic heterocycles. The van der Waals surface area contributed by atoms with Gasteiger partial charge in [0.05, 0.1) is 30.6 Å². The molecule has 2 aromatic heterocycles. The third-order valence-electron chi connectivity index (χ3n) is 3.27. The first-order valence-corrected chi connectivity index (χ1v) is 6.09. The van der Waals surface area contributed by atoms with Crippen LogP contribution in [0.3, 0.4) is 0 Å². The van der Waals surface area contributed by atoms with Gasteiger partial charge in [-0.15, -0.1) is 0 Å². The molecule has 2 aromatic rings. The molecule has 3 rings (SSSR count). The molecule has 1 unspecified atom stereocenters. The molecule has 94 valence electrons. The van der Waals surface area contributed by atoms with Gasteiger partial charge in [0.25, 0.3) is 0 Å². The quantitative estimate of drug-likeness (QED) is 0.635. The van der Waals surface area contributed by atoms with Crippen LogP contribution in [0, 0.1) is 0 Å². The Labute approximate surface area is 105 Å². The van der Waals surface area contributed by atoms with Gasteiger partial charge in [0, 0.05) is 11.8 Å². The summed E-state index contributed by atoms with van der Waals surface area (Å²) in [5.41, 5.74) is 6.17. The van der Waals surface area contributed by atoms with E-state index in [0.717, 1.165) is 30.5 Å². The number of aromatic nitrogens is 2. The van der Waals surface area contributed by atoms with Gasteiger partial charge >= 0.3 is 0 Å². The standard InChI is InChI=1S/C13H16N4O/c14-16-13(10-4-3-7-18-9-10)11-8-15-17-6-2-1-5-12(11)17/h1-2,5-6,8-9,13,16H,3-4,7,14H2. The van der Waals surface area contributed by atoms with Crippen molar-refractivity contribution in [2.45, 2.75) is 18.9 Å². The second kappa shape index (κ2) is 4.80. The molecule has 3 heterocycles. The van der Waals surface area contributed by atoms with Crippen molar-refractivity contribution in [3.05, 3.63) is 48.0 Å². The van der Waals surface area contributed by atoms with E-state index in [4.69, 9.17) is 10.6 Å². The van der Waals surface area contributed by atoms with Gasteiger partial charge in [-0.05, 0) is 30.5 Å². The van der Waals surface area contributed by atoms with Crippen molar-refractivity contribution in [2.24, 2.45) is 5.84 Å². The lowest BCUT2D eigenvalue weighted by molar-refractivity contribution is 0.219. The smallest absolute Gasteiger partial charge is 0.0876 e. The van der Waals surface area contributed by atoms with Crippen LogP contribution < -0.4 is 11.3 Å². The second-order valence-electron chi connectivity index (χ2n) is 4.40. The van der Waals surface area contributed by atoms with E-state index in [9.17, 15) is 0 Å². The predicted octanol–water partition coefficient (Wildman–Crippen LogP) is 1.53. The number of nitrogens with two attached hydrogens (primary N) is 1. The maximum absolute atomic E-state index is 5.70. The highest BCUT2D eigenvalue weighted by Crippen LogP contribution is 2.29. The van der Waals surface area contributed by atoms with E-state index < -0.39 is 0 Å². The van der Waals surface area contributed by atoms with Crippen LogP contribution in [0.25, 0.3) is 5.52 Å². The molecular weight excluding hydrogens is 228 g/mol. The number of ether oxygens (including phenoxy) is 1. The summed E-state index contributed by atoms with van der Waals surface area (Å²) in [4.78, 5) is 0. The zero-order valence-corrected chi connectivity index (χ0v) is 10.0. The molecule has 18 heavy (non-hydrogen) atoms. The fraction of sp³-hybridized carbons (Fsp3) is 0.308. The Balaban J connectivity index is 2.03. The van der Waals surface area contributed by atoms with Crippen molar-refractivity contribution in [3.8, 4) is 0 Å². The average Bonchev–Trinajstić information content (AvgIpc) is 2.85. The Morgan fingerprint density at radius 2 is 2.39 bits per heavy atom. The predicted molar refractivity (Wildman–Crippen MR) is 68.5 cm³/mol. The Kier molecular flexibility index (Phi) is 3.00. The van der Waals surface area contributed by atoms with Crippen molar-refractivity contribution in [1.82, 2.24) is 15.0 Å². The molecule has 0 aromatic carbocycles. The van der Waals surface area contributed by atoms with E-state index in [1.165, 1.54) is 5.57 Å². The first-order chi connectivity index (χ1) is 8.90. The van der Waals surface area contributed by atoms with E-state index in [0.29, 0.717) is 0 Å². The van der Waals surface area contributed by atoms with Crippen molar-refractivity contribution in [2.75, 3.05) is 6.61 Å². The molecule has 0 bridgehead atoms. The van der Waals surface area contributed by atoms with Gasteiger partial charge in [0.1, 0.15) is 0 Å². The number of hydrazine groups is 1. The maximum atomic E-state index is 5.70. The van der Waals surface area contributed by atoms with E-state index in [1.807, 2.05) is 41.4 Å². The van der Waals surface area contributed by atoms with Crippen LogP contribution in [-0.4, -0.2) is 16.2 Å². The van der Waals surface area contributed by atoms with Crippen molar-refractivity contribution >= 4 is 5.52 Å². The fourth-order valence-corrected chi connectivity index (χ4v) is 2.37. The monoisotopic (exact) mass is 244 g/mol. The Bertz CT molecular complexity index is 575. The normalized spacial score (nSPS) is 17.3. The number of nitrogens with one attached hydrogen (secondary N) is 1. The van der Waals surface area contributed by atoms with E-state index in [2.05, 4.69) is 10.5 Å². The molecule has 0 spiro atoms. The lowest BCUT2D eigenvalue weighted by Crippen LogP contribution is -2.30. The van der Waals surface area contributed by atoms with Crippen molar-refractivity contribution in [1.29, 1.82) is 0 Å². The van der Waals surface area contributed by atoms with Gasteiger partial charge in [0.15, 0.2) is 0 Å². The van der Waals surface area contributed by atoms with Crippen molar-refractivity contribution in [3.63, 3.8) is 0 Å². The van der Waals surface area contributed by atoms with Gasteiger partial charge in [0.2, 0.25) is 0 Å². The first kappa shape index (κ1) is 11.3.